The molecule has 0 aliphatic heterocycles. The molecule has 0 spiro atoms. The maximum Gasteiger partial charge on any atom is 0.338 e. The molecule has 1 atom stereocenters. The molecule has 0 fully saturated rings. The maximum absolute atomic E-state index is 12.4. The van der Waals surface area contributed by atoms with Crippen LogP contribution < -0.4 is 10.6 Å². The molecule has 2 aromatic carbocycles. The van der Waals surface area contributed by atoms with Crippen LogP contribution in [0, 0.1) is 13.8 Å². The van der Waals surface area contributed by atoms with Crippen LogP contribution in [-0.4, -0.2) is 23.9 Å². The van der Waals surface area contributed by atoms with Gasteiger partial charge in [0.25, 0.3) is 11.8 Å². The van der Waals surface area contributed by atoms with Gasteiger partial charge < -0.3 is 19.8 Å². The number of benzene rings is 2. The van der Waals surface area contributed by atoms with Crippen molar-refractivity contribution in [3.63, 3.8) is 0 Å². The van der Waals surface area contributed by atoms with E-state index in [1.54, 1.807) is 24.3 Å². The molecular weight excluding hydrogens is 384 g/mol. The van der Waals surface area contributed by atoms with Crippen LogP contribution in [0.4, 0.5) is 11.4 Å². The summed E-state index contributed by atoms with van der Waals surface area (Å²) in [5.74, 6) is -1.27. The first-order valence-electron chi connectivity index (χ1n) is 9.37. The normalized spacial score (nSPS) is 11.4. The number of ether oxygens (including phenoxy) is 1. The van der Waals surface area contributed by atoms with E-state index in [0.29, 0.717) is 11.4 Å². The van der Waals surface area contributed by atoms with E-state index in [1.165, 1.54) is 25.3 Å². The lowest BCUT2D eigenvalue weighted by Crippen LogP contribution is -2.30. The van der Waals surface area contributed by atoms with Crippen molar-refractivity contribution in [3.05, 3.63) is 83.3 Å². The Balaban J connectivity index is 1.56. The summed E-state index contributed by atoms with van der Waals surface area (Å²) in [5, 5.41) is 5.42. The van der Waals surface area contributed by atoms with E-state index in [0.717, 1.165) is 11.1 Å². The number of furan rings is 1. The van der Waals surface area contributed by atoms with Crippen molar-refractivity contribution in [3.8, 4) is 0 Å². The molecule has 0 aliphatic carbocycles. The second-order valence-electron chi connectivity index (χ2n) is 6.86. The summed E-state index contributed by atoms with van der Waals surface area (Å²) < 4.78 is 10.3. The molecule has 0 aliphatic rings. The van der Waals surface area contributed by atoms with Gasteiger partial charge >= 0.3 is 5.97 Å². The average molecular weight is 406 g/mol. The Morgan fingerprint density at radius 2 is 1.70 bits per heavy atom. The first-order chi connectivity index (χ1) is 14.3. The molecule has 1 heterocycles. The van der Waals surface area contributed by atoms with E-state index in [-0.39, 0.29) is 11.3 Å². The van der Waals surface area contributed by atoms with Crippen molar-refractivity contribution in [2.45, 2.75) is 26.9 Å². The minimum absolute atomic E-state index is 0.183. The lowest BCUT2D eigenvalue weighted by Gasteiger charge is -2.15. The third-order valence-corrected chi connectivity index (χ3v) is 4.42. The van der Waals surface area contributed by atoms with Crippen LogP contribution in [-0.2, 0) is 9.53 Å². The Morgan fingerprint density at radius 1 is 0.967 bits per heavy atom. The zero-order chi connectivity index (χ0) is 21.7. The average Bonchev–Trinajstić information content (AvgIpc) is 3.25. The Bertz CT molecular complexity index is 1060. The number of rotatable bonds is 6. The van der Waals surface area contributed by atoms with Crippen molar-refractivity contribution in [1.29, 1.82) is 0 Å². The van der Waals surface area contributed by atoms with Gasteiger partial charge in [0.05, 0.1) is 11.8 Å². The second kappa shape index (κ2) is 9.09. The molecule has 0 saturated heterocycles. The molecule has 0 unspecified atom stereocenters. The van der Waals surface area contributed by atoms with Gasteiger partial charge in [-0.05, 0) is 68.8 Å². The first-order valence-corrected chi connectivity index (χ1v) is 9.37. The number of aryl methyl sites for hydroxylation is 2. The van der Waals surface area contributed by atoms with Gasteiger partial charge in [-0.3, -0.25) is 9.59 Å². The molecular formula is C23H22N2O5. The lowest BCUT2D eigenvalue weighted by molar-refractivity contribution is -0.123. The van der Waals surface area contributed by atoms with Crippen molar-refractivity contribution >= 4 is 29.2 Å². The summed E-state index contributed by atoms with van der Waals surface area (Å²) in [6.07, 6.45) is 0.433. The van der Waals surface area contributed by atoms with E-state index in [4.69, 9.17) is 9.15 Å². The molecule has 7 nitrogen and oxygen atoms in total. The highest BCUT2D eigenvalue weighted by Gasteiger charge is 2.20. The quantitative estimate of drug-likeness (QED) is 0.594. The number of carbonyl (C=O) groups is 3. The van der Waals surface area contributed by atoms with Crippen LogP contribution in [0.2, 0.25) is 0 Å². The third-order valence-electron chi connectivity index (χ3n) is 4.42. The van der Waals surface area contributed by atoms with Crippen molar-refractivity contribution in [2.24, 2.45) is 0 Å². The van der Waals surface area contributed by atoms with Crippen LogP contribution in [0.25, 0.3) is 0 Å². The van der Waals surface area contributed by atoms with E-state index in [2.05, 4.69) is 10.6 Å². The van der Waals surface area contributed by atoms with E-state index in [1.807, 2.05) is 32.0 Å². The third kappa shape index (κ3) is 5.14. The number of amides is 2. The van der Waals surface area contributed by atoms with Gasteiger partial charge in [0.15, 0.2) is 11.9 Å². The van der Waals surface area contributed by atoms with Gasteiger partial charge in [-0.2, -0.15) is 0 Å². The van der Waals surface area contributed by atoms with Crippen molar-refractivity contribution < 1.29 is 23.5 Å². The standard InChI is InChI=1S/C23H22N2O5/c1-14-6-11-19(15(2)13-14)25-21(26)16(3)30-23(28)17-7-9-18(10-8-17)24-22(27)20-5-4-12-29-20/h4-13,16H,1-3H3,(H,24,27)(H,25,26)/t16-/m0/s1. The van der Waals surface area contributed by atoms with Crippen LogP contribution in [0.1, 0.15) is 39.0 Å². The highest BCUT2D eigenvalue weighted by atomic mass is 16.5. The fraction of sp³-hybridized carbons (Fsp3) is 0.174. The largest absolute Gasteiger partial charge is 0.459 e. The highest BCUT2D eigenvalue weighted by molar-refractivity contribution is 6.02. The monoisotopic (exact) mass is 406 g/mol. The smallest absolute Gasteiger partial charge is 0.338 e. The molecule has 3 aromatic rings. The molecule has 3 rings (SSSR count). The molecule has 30 heavy (non-hydrogen) atoms. The fourth-order valence-electron chi connectivity index (χ4n) is 2.76. The Morgan fingerprint density at radius 3 is 2.33 bits per heavy atom. The lowest BCUT2D eigenvalue weighted by atomic mass is 10.1. The molecule has 0 bridgehead atoms. The summed E-state index contributed by atoms with van der Waals surface area (Å²) in [5.41, 5.74) is 3.44. The highest BCUT2D eigenvalue weighted by Crippen LogP contribution is 2.17. The van der Waals surface area contributed by atoms with Gasteiger partial charge in [-0.25, -0.2) is 4.79 Å². The molecule has 2 N–H and O–H groups in total. The zero-order valence-electron chi connectivity index (χ0n) is 16.9. The number of hydrogen-bond acceptors (Lipinski definition) is 5. The first kappa shape index (κ1) is 20.9. The number of esters is 1. The summed E-state index contributed by atoms with van der Waals surface area (Å²) in [4.78, 5) is 36.7. The van der Waals surface area contributed by atoms with Gasteiger partial charge in [-0.15, -0.1) is 0 Å². The van der Waals surface area contributed by atoms with Crippen LogP contribution in [0.15, 0.2) is 65.3 Å². The number of nitrogens with one attached hydrogen (secondary N) is 2. The molecule has 7 heteroatoms. The molecule has 154 valence electrons. The predicted octanol–water partition coefficient (Wildman–Crippen LogP) is 4.33. The number of hydrogen-bond donors (Lipinski definition) is 2. The van der Waals surface area contributed by atoms with Gasteiger partial charge in [0, 0.05) is 11.4 Å². The molecule has 0 saturated carbocycles. The van der Waals surface area contributed by atoms with E-state index in [9.17, 15) is 14.4 Å². The Labute approximate surface area is 174 Å². The van der Waals surface area contributed by atoms with Gasteiger partial charge in [0.2, 0.25) is 0 Å². The molecule has 0 radical (unpaired) electrons. The van der Waals surface area contributed by atoms with Crippen molar-refractivity contribution in [1.82, 2.24) is 0 Å². The minimum atomic E-state index is -0.975. The number of carbonyl (C=O) groups excluding carboxylic acids is 3. The molecule has 2 amide bonds. The Kier molecular flexibility index (Phi) is 6.32. The van der Waals surface area contributed by atoms with Crippen LogP contribution in [0.3, 0.4) is 0 Å². The zero-order valence-corrected chi connectivity index (χ0v) is 16.9. The van der Waals surface area contributed by atoms with Crippen molar-refractivity contribution in [2.75, 3.05) is 10.6 Å². The SMILES string of the molecule is Cc1ccc(NC(=O)[C@H](C)OC(=O)c2ccc(NC(=O)c3ccco3)cc2)c(C)c1. The van der Waals surface area contributed by atoms with Crippen LogP contribution in [0.5, 0.6) is 0 Å². The maximum atomic E-state index is 12.4. The minimum Gasteiger partial charge on any atom is -0.459 e. The van der Waals surface area contributed by atoms with Gasteiger partial charge in [-0.1, -0.05) is 17.7 Å². The van der Waals surface area contributed by atoms with Crippen LogP contribution >= 0.6 is 0 Å². The van der Waals surface area contributed by atoms with E-state index < -0.39 is 23.9 Å². The van der Waals surface area contributed by atoms with Gasteiger partial charge in [0.1, 0.15) is 0 Å². The molecule has 1 aromatic heterocycles. The summed E-state index contributed by atoms with van der Waals surface area (Å²) >= 11 is 0. The predicted molar refractivity (Wildman–Crippen MR) is 113 cm³/mol. The summed E-state index contributed by atoms with van der Waals surface area (Å²) in [6, 6.07) is 15.0. The summed E-state index contributed by atoms with van der Waals surface area (Å²) in [7, 11) is 0. The van der Waals surface area contributed by atoms with E-state index >= 15 is 0 Å². The number of anilines is 2. The topological polar surface area (TPSA) is 97.6 Å². The summed E-state index contributed by atoms with van der Waals surface area (Å²) in [6.45, 7) is 5.37. The Hall–Kier alpha value is -3.87. The fourth-order valence-corrected chi connectivity index (χ4v) is 2.76. The second-order valence-corrected chi connectivity index (χ2v) is 6.86.